The van der Waals surface area contributed by atoms with Crippen molar-refractivity contribution in [2.75, 3.05) is 0 Å². The van der Waals surface area contributed by atoms with Crippen molar-refractivity contribution in [1.29, 1.82) is 0 Å². The third kappa shape index (κ3) is 6.59. The largest absolute Gasteiger partial charge is 0.206 e. The van der Waals surface area contributed by atoms with Gasteiger partial charge in [-0.1, -0.05) is 94.5 Å². The van der Waals surface area contributed by atoms with Gasteiger partial charge in [0.15, 0.2) is 0 Å². The second-order valence-electron chi connectivity index (χ2n) is 10.7. The molecule has 2 saturated carbocycles. The molecule has 180 valence electrons. The summed E-state index contributed by atoms with van der Waals surface area (Å²) in [6.07, 6.45) is 17.7. The van der Waals surface area contributed by atoms with E-state index >= 15 is 0 Å². The van der Waals surface area contributed by atoms with Gasteiger partial charge in [0, 0.05) is 5.56 Å². The van der Waals surface area contributed by atoms with Gasteiger partial charge in [0.2, 0.25) is 0 Å². The molecule has 0 spiro atoms. The lowest BCUT2D eigenvalue weighted by molar-refractivity contribution is 0.222. The molecule has 2 aliphatic rings. The fourth-order valence-corrected chi connectivity index (χ4v) is 6.36. The molecule has 0 saturated heterocycles. The van der Waals surface area contributed by atoms with Crippen LogP contribution in [0.15, 0.2) is 36.4 Å². The van der Waals surface area contributed by atoms with Crippen molar-refractivity contribution in [2.45, 2.75) is 96.3 Å². The van der Waals surface area contributed by atoms with E-state index in [9.17, 15) is 8.78 Å². The molecule has 2 aromatic carbocycles. The van der Waals surface area contributed by atoms with E-state index in [1.54, 1.807) is 18.2 Å². The Morgan fingerprint density at radius 2 is 1.33 bits per heavy atom. The molecule has 2 aromatic rings. The van der Waals surface area contributed by atoms with Crippen LogP contribution in [0, 0.1) is 29.4 Å². The van der Waals surface area contributed by atoms with Crippen LogP contribution in [0.4, 0.5) is 8.78 Å². The van der Waals surface area contributed by atoms with Crippen molar-refractivity contribution in [3.63, 3.8) is 0 Å². The van der Waals surface area contributed by atoms with E-state index in [1.165, 1.54) is 82.8 Å². The van der Waals surface area contributed by atoms with Gasteiger partial charge in [-0.25, -0.2) is 8.78 Å². The Morgan fingerprint density at radius 1 is 0.727 bits per heavy atom. The molecule has 0 unspecified atom stereocenters. The van der Waals surface area contributed by atoms with E-state index in [-0.39, 0.29) is 10.8 Å². The van der Waals surface area contributed by atoms with Crippen molar-refractivity contribution < 1.29 is 8.78 Å². The Bertz CT molecular complexity index is 892. The first-order chi connectivity index (χ1) is 16.0. The summed E-state index contributed by atoms with van der Waals surface area (Å²) in [5.74, 6) is 2.47. The third-order valence-corrected chi connectivity index (χ3v) is 8.76. The van der Waals surface area contributed by atoms with Gasteiger partial charge < -0.3 is 0 Å². The van der Waals surface area contributed by atoms with Gasteiger partial charge >= 0.3 is 0 Å². The minimum atomic E-state index is -0.513. The predicted molar refractivity (Wildman–Crippen MR) is 136 cm³/mol. The SMILES string of the molecule is CCCC[C@H]1CC[C@H](CCC2CCC(c3ccc(-c4ccc(Cl)c(F)c4)c(F)c3)CC2)CC1. The van der Waals surface area contributed by atoms with Crippen LogP contribution < -0.4 is 0 Å². The number of hydrogen-bond acceptors (Lipinski definition) is 0. The molecule has 2 aliphatic carbocycles. The summed E-state index contributed by atoms with van der Waals surface area (Å²) < 4.78 is 28.7. The minimum Gasteiger partial charge on any atom is -0.206 e. The molecule has 0 radical (unpaired) electrons. The maximum absolute atomic E-state index is 14.9. The number of halogens is 3. The van der Waals surface area contributed by atoms with Crippen molar-refractivity contribution in [3.05, 3.63) is 58.6 Å². The lowest BCUT2D eigenvalue weighted by atomic mass is 9.74. The van der Waals surface area contributed by atoms with Gasteiger partial charge in [0.25, 0.3) is 0 Å². The minimum absolute atomic E-state index is 0.0622. The predicted octanol–water partition coefficient (Wildman–Crippen LogP) is 10.3. The maximum Gasteiger partial charge on any atom is 0.142 e. The summed E-state index contributed by atoms with van der Waals surface area (Å²) in [6.45, 7) is 2.30. The van der Waals surface area contributed by atoms with Gasteiger partial charge in [-0.05, 0) is 78.7 Å². The first kappa shape index (κ1) is 24.7. The first-order valence-electron chi connectivity index (χ1n) is 13.3. The van der Waals surface area contributed by atoms with Gasteiger partial charge in [0.1, 0.15) is 11.6 Å². The highest BCUT2D eigenvalue weighted by Gasteiger charge is 2.26. The molecular weight excluding hydrogens is 434 g/mol. The average Bonchev–Trinajstić information content (AvgIpc) is 2.84. The van der Waals surface area contributed by atoms with Crippen LogP contribution in [0.2, 0.25) is 5.02 Å². The summed E-state index contributed by atoms with van der Waals surface area (Å²) >= 11 is 5.77. The molecule has 3 heteroatoms. The van der Waals surface area contributed by atoms with Crippen LogP contribution in [0.5, 0.6) is 0 Å². The topological polar surface area (TPSA) is 0 Å². The van der Waals surface area contributed by atoms with Gasteiger partial charge in [0.05, 0.1) is 5.02 Å². The van der Waals surface area contributed by atoms with Crippen LogP contribution in [0.25, 0.3) is 11.1 Å². The third-order valence-electron chi connectivity index (χ3n) is 8.46. The van der Waals surface area contributed by atoms with Gasteiger partial charge in [-0.3, -0.25) is 0 Å². The second kappa shape index (κ2) is 11.8. The molecule has 4 rings (SSSR count). The average molecular weight is 473 g/mol. The fraction of sp³-hybridized carbons (Fsp3) is 0.600. The molecule has 0 N–H and O–H groups in total. The van der Waals surface area contributed by atoms with Gasteiger partial charge in [-0.2, -0.15) is 0 Å². The summed E-state index contributed by atoms with van der Waals surface area (Å²) in [6, 6.07) is 9.97. The van der Waals surface area contributed by atoms with Crippen molar-refractivity contribution in [1.82, 2.24) is 0 Å². The first-order valence-corrected chi connectivity index (χ1v) is 13.7. The molecule has 0 nitrogen and oxygen atoms in total. The molecule has 0 bridgehead atoms. The highest BCUT2D eigenvalue weighted by molar-refractivity contribution is 6.30. The maximum atomic E-state index is 14.9. The summed E-state index contributed by atoms with van der Waals surface area (Å²) in [4.78, 5) is 0. The zero-order valence-electron chi connectivity index (χ0n) is 20.1. The number of rotatable bonds is 8. The zero-order valence-corrected chi connectivity index (χ0v) is 20.9. The highest BCUT2D eigenvalue weighted by Crippen LogP contribution is 2.41. The summed E-state index contributed by atoms with van der Waals surface area (Å²) in [7, 11) is 0. The van der Waals surface area contributed by atoms with E-state index in [4.69, 9.17) is 11.6 Å². The number of unbranched alkanes of at least 4 members (excludes halogenated alkanes) is 1. The molecule has 0 amide bonds. The molecule has 0 heterocycles. The quantitative estimate of drug-likeness (QED) is 0.358. The Kier molecular flexibility index (Phi) is 8.85. The van der Waals surface area contributed by atoms with Crippen LogP contribution in [-0.4, -0.2) is 0 Å². The molecule has 0 aliphatic heterocycles. The number of benzene rings is 2. The lowest BCUT2D eigenvalue weighted by Gasteiger charge is -2.32. The Morgan fingerprint density at radius 3 is 1.91 bits per heavy atom. The molecule has 33 heavy (non-hydrogen) atoms. The molecule has 2 fully saturated rings. The van der Waals surface area contributed by atoms with Crippen molar-refractivity contribution in [2.24, 2.45) is 17.8 Å². The molecular formula is C30H39ClF2. The molecule has 0 aromatic heterocycles. The molecule has 0 atom stereocenters. The monoisotopic (exact) mass is 472 g/mol. The van der Waals surface area contributed by atoms with Crippen LogP contribution in [0.1, 0.15) is 102 Å². The Balaban J connectivity index is 1.24. The lowest BCUT2D eigenvalue weighted by Crippen LogP contribution is -2.18. The summed E-state index contributed by atoms with van der Waals surface area (Å²) in [5, 5.41) is 0.0622. The van der Waals surface area contributed by atoms with E-state index in [0.29, 0.717) is 17.0 Å². The van der Waals surface area contributed by atoms with Crippen LogP contribution in [-0.2, 0) is 0 Å². The fourth-order valence-electron chi connectivity index (χ4n) is 6.24. The Hall–Kier alpha value is -1.41. The normalized spacial score (nSPS) is 25.8. The highest BCUT2D eigenvalue weighted by atomic mass is 35.5. The van der Waals surface area contributed by atoms with E-state index in [1.807, 2.05) is 6.07 Å². The second-order valence-corrected chi connectivity index (χ2v) is 11.1. The van der Waals surface area contributed by atoms with Crippen molar-refractivity contribution >= 4 is 11.6 Å². The standard InChI is InChI=1S/C30H39ClF2/c1-2-3-4-21-5-7-22(8-6-21)9-10-23-11-13-24(14-12-23)25-15-17-27(29(32)19-25)26-16-18-28(31)30(33)20-26/h15-24H,2-14H2,1H3/t21-,22-,23?,24?. The van der Waals surface area contributed by atoms with Crippen LogP contribution >= 0.6 is 11.6 Å². The summed E-state index contributed by atoms with van der Waals surface area (Å²) in [5.41, 5.74) is 2.06. The zero-order chi connectivity index (χ0) is 23.2. The smallest absolute Gasteiger partial charge is 0.142 e. The van der Waals surface area contributed by atoms with E-state index in [2.05, 4.69) is 6.92 Å². The Labute approximate surface area is 204 Å². The van der Waals surface area contributed by atoms with Crippen LogP contribution in [0.3, 0.4) is 0 Å². The number of hydrogen-bond donors (Lipinski definition) is 0. The van der Waals surface area contributed by atoms with Gasteiger partial charge in [-0.15, -0.1) is 0 Å². The van der Waals surface area contributed by atoms with E-state index < -0.39 is 5.82 Å². The van der Waals surface area contributed by atoms with E-state index in [0.717, 1.165) is 36.2 Å². The van der Waals surface area contributed by atoms with Crippen molar-refractivity contribution in [3.8, 4) is 11.1 Å².